The van der Waals surface area contributed by atoms with Gasteiger partial charge in [-0.05, 0) is 39.2 Å². The van der Waals surface area contributed by atoms with Crippen LogP contribution < -0.4 is 14.8 Å². The van der Waals surface area contributed by atoms with Crippen molar-refractivity contribution in [2.24, 2.45) is 0 Å². The first-order chi connectivity index (χ1) is 13.5. The molecule has 0 spiro atoms. The number of methoxy groups -OCH3 is 2. The summed E-state index contributed by atoms with van der Waals surface area (Å²) < 4.78 is 10.7. The second-order valence-electron chi connectivity index (χ2n) is 6.70. The highest BCUT2D eigenvalue weighted by Gasteiger charge is 2.28. The summed E-state index contributed by atoms with van der Waals surface area (Å²) >= 11 is 0. The van der Waals surface area contributed by atoms with Gasteiger partial charge in [0.15, 0.2) is 0 Å². The van der Waals surface area contributed by atoms with E-state index in [1.54, 1.807) is 6.07 Å². The standard InChI is InChI=1S/C20H24N4O4/c1-23(2)11-7-10-21-17-13-8-5-6-9-15(13)22-18-14(17)12-16(27-3)19(24(25)26)20(18)28-4/h5-6,8-9,12H,7,10-11H2,1-4H3,(H,21,22). The third-order valence-corrected chi connectivity index (χ3v) is 4.56. The second-order valence-corrected chi connectivity index (χ2v) is 6.70. The predicted molar refractivity (Wildman–Crippen MR) is 111 cm³/mol. The number of nitrogens with one attached hydrogen (secondary N) is 1. The molecule has 2 aromatic carbocycles. The van der Waals surface area contributed by atoms with Crippen LogP contribution in [0.15, 0.2) is 30.3 Å². The van der Waals surface area contributed by atoms with Gasteiger partial charge in [0.25, 0.3) is 0 Å². The van der Waals surface area contributed by atoms with E-state index < -0.39 is 4.92 Å². The highest BCUT2D eigenvalue weighted by Crippen LogP contribution is 2.45. The molecule has 148 valence electrons. The van der Waals surface area contributed by atoms with Crippen molar-refractivity contribution in [3.63, 3.8) is 0 Å². The Hall–Kier alpha value is -3.13. The molecular weight excluding hydrogens is 360 g/mol. The normalized spacial score (nSPS) is 11.2. The fraction of sp³-hybridized carbons (Fsp3) is 0.350. The van der Waals surface area contributed by atoms with Crippen LogP contribution in [0.2, 0.25) is 0 Å². The fourth-order valence-electron chi connectivity index (χ4n) is 3.28. The number of anilines is 1. The summed E-state index contributed by atoms with van der Waals surface area (Å²) in [6.07, 6.45) is 0.951. The maximum Gasteiger partial charge on any atom is 0.354 e. The minimum atomic E-state index is -0.502. The van der Waals surface area contributed by atoms with Crippen molar-refractivity contribution in [1.29, 1.82) is 0 Å². The van der Waals surface area contributed by atoms with Crippen molar-refractivity contribution < 1.29 is 14.4 Å². The molecule has 0 radical (unpaired) electrons. The number of nitro benzene ring substituents is 1. The van der Waals surface area contributed by atoms with Crippen LogP contribution in [0.25, 0.3) is 21.8 Å². The lowest BCUT2D eigenvalue weighted by Crippen LogP contribution is -2.16. The molecular formula is C20H24N4O4. The number of benzene rings is 2. The third-order valence-electron chi connectivity index (χ3n) is 4.56. The van der Waals surface area contributed by atoms with Gasteiger partial charge >= 0.3 is 5.69 Å². The van der Waals surface area contributed by atoms with Crippen LogP contribution in [-0.2, 0) is 0 Å². The molecule has 0 atom stereocenters. The van der Waals surface area contributed by atoms with Gasteiger partial charge in [0.1, 0.15) is 5.52 Å². The van der Waals surface area contributed by atoms with Crippen LogP contribution >= 0.6 is 0 Å². The summed E-state index contributed by atoms with van der Waals surface area (Å²) in [6, 6.07) is 9.36. The molecule has 0 saturated heterocycles. The maximum atomic E-state index is 11.6. The summed E-state index contributed by atoms with van der Waals surface area (Å²) in [7, 11) is 6.88. The number of fused-ring (bicyclic) bond motifs is 2. The number of nitrogens with zero attached hydrogens (tertiary/aromatic N) is 3. The van der Waals surface area contributed by atoms with E-state index in [0.717, 1.165) is 41.5 Å². The molecule has 3 rings (SSSR count). The van der Waals surface area contributed by atoms with E-state index in [0.29, 0.717) is 5.52 Å². The number of rotatable bonds is 8. The molecule has 3 aromatic rings. The molecule has 0 bridgehead atoms. The third kappa shape index (κ3) is 3.63. The molecule has 0 aliphatic carbocycles. The molecule has 0 fully saturated rings. The van der Waals surface area contributed by atoms with E-state index in [4.69, 9.17) is 9.47 Å². The van der Waals surface area contributed by atoms with Crippen LogP contribution in [0.3, 0.4) is 0 Å². The van der Waals surface area contributed by atoms with Gasteiger partial charge in [0.2, 0.25) is 11.5 Å². The summed E-state index contributed by atoms with van der Waals surface area (Å²) in [5, 5.41) is 16.8. The average Bonchev–Trinajstić information content (AvgIpc) is 2.68. The van der Waals surface area contributed by atoms with Crippen LogP contribution in [0.1, 0.15) is 6.42 Å². The lowest BCUT2D eigenvalue weighted by molar-refractivity contribution is -0.386. The number of hydrogen-bond donors (Lipinski definition) is 1. The van der Waals surface area contributed by atoms with E-state index in [1.807, 2.05) is 38.4 Å². The van der Waals surface area contributed by atoms with Gasteiger partial charge in [0, 0.05) is 17.3 Å². The van der Waals surface area contributed by atoms with Crippen molar-refractivity contribution in [2.75, 3.05) is 46.7 Å². The Balaban J connectivity index is 2.26. The first-order valence-corrected chi connectivity index (χ1v) is 8.98. The van der Waals surface area contributed by atoms with Crippen molar-refractivity contribution >= 4 is 33.2 Å². The maximum absolute atomic E-state index is 11.6. The van der Waals surface area contributed by atoms with Crippen LogP contribution in [0.4, 0.5) is 11.4 Å². The molecule has 0 unspecified atom stereocenters. The molecule has 0 amide bonds. The molecule has 8 heteroatoms. The molecule has 28 heavy (non-hydrogen) atoms. The number of ether oxygens (including phenoxy) is 2. The molecule has 1 N–H and O–H groups in total. The Labute approximate surface area is 163 Å². The van der Waals surface area contributed by atoms with Crippen molar-refractivity contribution in [3.8, 4) is 11.5 Å². The quantitative estimate of drug-likeness (QED) is 0.274. The molecule has 0 aliphatic rings. The highest BCUT2D eigenvalue weighted by atomic mass is 16.6. The molecule has 1 heterocycles. The van der Waals surface area contributed by atoms with Crippen molar-refractivity contribution in [3.05, 3.63) is 40.4 Å². The molecule has 1 aromatic heterocycles. The van der Waals surface area contributed by atoms with Gasteiger partial charge in [0.05, 0.1) is 30.3 Å². The number of para-hydroxylation sites is 1. The zero-order chi connectivity index (χ0) is 20.3. The van der Waals surface area contributed by atoms with Gasteiger partial charge in [-0.2, -0.15) is 0 Å². The number of pyridine rings is 1. The zero-order valence-electron chi connectivity index (χ0n) is 16.5. The highest BCUT2D eigenvalue weighted by molar-refractivity contribution is 6.10. The summed E-state index contributed by atoms with van der Waals surface area (Å²) in [5.74, 6) is 0.240. The minimum absolute atomic E-state index is 0.0986. The van der Waals surface area contributed by atoms with E-state index >= 15 is 0 Å². The van der Waals surface area contributed by atoms with Crippen molar-refractivity contribution in [2.45, 2.75) is 6.42 Å². The summed E-state index contributed by atoms with van der Waals surface area (Å²) in [5.41, 5.74) is 1.82. The molecule has 0 aliphatic heterocycles. The Bertz CT molecular complexity index is 1020. The Morgan fingerprint density at radius 2 is 1.93 bits per heavy atom. The Kier molecular flexibility index (Phi) is 5.79. The van der Waals surface area contributed by atoms with Crippen molar-refractivity contribution in [1.82, 2.24) is 9.88 Å². The lowest BCUT2D eigenvalue weighted by Gasteiger charge is -2.17. The van der Waals surface area contributed by atoms with Crippen LogP contribution in [0, 0.1) is 10.1 Å². The van der Waals surface area contributed by atoms with Gasteiger partial charge in [-0.25, -0.2) is 4.98 Å². The van der Waals surface area contributed by atoms with Crippen LogP contribution in [0.5, 0.6) is 11.5 Å². The number of aromatic nitrogens is 1. The smallest absolute Gasteiger partial charge is 0.354 e. The first kappa shape index (κ1) is 19.6. The predicted octanol–water partition coefficient (Wildman–Crippen LogP) is 3.68. The molecule has 8 nitrogen and oxygen atoms in total. The Morgan fingerprint density at radius 1 is 1.18 bits per heavy atom. The Morgan fingerprint density at radius 3 is 2.57 bits per heavy atom. The summed E-state index contributed by atoms with van der Waals surface area (Å²) in [6.45, 7) is 1.70. The van der Waals surface area contributed by atoms with Crippen LogP contribution in [-0.4, -0.2) is 56.2 Å². The largest absolute Gasteiger partial charge is 0.490 e. The minimum Gasteiger partial charge on any atom is -0.490 e. The lowest BCUT2D eigenvalue weighted by atomic mass is 10.1. The SMILES string of the molecule is COc1cc2c(NCCCN(C)C)c3ccccc3nc2c(OC)c1[N+](=O)[O-]. The van der Waals surface area contributed by atoms with Gasteiger partial charge in [-0.1, -0.05) is 18.2 Å². The number of nitro groups is 1. The monoisotopic (exact) mass is 384 g/mol. The average molecular weight is 384 g/mol. The van der Waals surface area contributed by atoms with Gasteiger partial charge < -0.3 is 19.7 Å². The molecule has 0 saturated carbocycles. The first-order valence-electron chi connectivity index (χ1n) is 8.98. The van der Waals surface area contributed by atoms with E-state index in [-0.39, 0.29) is 17.2 Å². The second kappa shape index (κ2) is 8.26. The van der Waals surface area contributed by atoms with E-state index in [9.17, 15) is 10.1 Å². The van der Waals surface area contributed by atoms with E-state index in [2.05, 4.69) is 15.2 Å². The van der Waals surface area contributed by atoms with Gasteiger partial charge in [-0.3, -0.25) is 10.1 Å². The zero-order valence-corrected chi connectivity index (χ0v) is 16.5. The van der Waals surface area contributed by atoms with Gasteiger partial charge in [-0.15, -0.1) is 0 Å². The fourth-order valence-corrected chi connectivity index (χ4v) is 3.28. The van der Waals surface area contributed by atoms with E-state index in [1.165, 1.54) is 14.2 Å². The topological polar surface area (TPSA) is 89.8 Å². The number of hydrogen-bond acceptors (Lipinski definition) is 7. The summed E-state index contributed by atoms with van der Waals surface area (Å²) in [4.78, 5) is 17.9.